The molecule has 2 rings (SSSR count). The van der Waals surface area contributed by atoms with E-state index in [1.165, 1.54) is 11.1 Å². The molecule has 2 aromatic rings. The van der Waals surface area contributed by atoms with Crippen molar-refractivity contribution in [3.63, 3.8) is 0 Å². The third-order valence-corrected chi connectivity index (χ3v) is 3.24. The van der Waals surface area contributed by atoms with Crippen molar-refractivity contribution in [2.24, 2.45) is 0 Å². The summed E-state index contributed by atoms with van der Waals surface area (Å²) in [6, 6.07) is 4.09. The highest BCUT2D eigenvalue weighted by atomic mass is 16.3. The zero-order valence-corrected chi connectivity index (χ0v) is 11.8. The van der Waals surface area contributed by atoms with Crippen molar-refractivity contribution in [3.05, 3.63) is 47.7 Å². The van der Waals surface area contributed by atoms with Gasteiger partial charge in [0.05, 0.1) is 18.1 Å². The largest absolute Gasteiger partial charge is 0.469 e. The predicted octanol–water partition coefficient (Wildman–Crippen LogP) is 2.73. The van der Waals surface area contributed by atoms with E-state index in [9.17, 15) is 0 Å². The normalized spacial score (nSPS) is 10.7. The molecule has 0 saturated carbocycles. The Labute approximate surface area is 114 Å². The third-order valence-electron chi connectivity index (χ3n) is 3.24. The van der Waals surface area contributed by atoms with E-state index < -0.39 is 0 Å². The van der Waals surface area contributed by atoms with Gasteiger partial charge in [-0.25, -0.2) is 0 Å². The van der Waals surface area contributed by atoms with Crippen molar-refractivity contribution in [2.75, 3.05) is 18.5 Å². The van der Waals surface area contributed by atoms with Crippen molar-refractivity contribution in [2.45, 2.75) is 26.9 Å². The van der Waals surface area contributed by atoms with E-state index in [1.54, 1.807) is 6.26 Å². The van der Waals surface area contributed by atoms with Gasteiger partial charge in [-0.05, 0) is 31.2 Å². The number of aromatic nitrogens is 1. The standard InChI is InChI=1S/C15H21N3O/c1-4-16-9-13-5-7-17-10-15(13)18(3)11-14-6-8-19-12(14)2/h5-8,10,16H,4,9,11H2,1-3H3. The van der Waals surface area contributed by atoms with Crippen molar-refractivity contribution in [1.82, 2.24) is 10.3 Å². The molecule has 0 aliphatic heterocycles. The minimum Gasteiger partial charge on any atom is -0.469 e. The summed E-state index contributed by atoms with van der Waals surface area (Å²) < 4.78 is 5.34. The average molecular weight is 259 g/mol. The molecular formula is C15H21N3O. The van der Waals surface area contributed by atoms with E-state index in [0.29, 0.717) is 0 Å². The van der Waals surface area contributed by atoms with E-state index in [4.69, 9.17) is 4.42 Å². The molecule has 0 atom stereocenters. The fraction of sp³-hybridized carbons (Fsp3) is 0.400. The van der Waals surface area contributed by atoms with Crippen molar-refractivity contribution in [3.8, 4) is 0 Å². The molecule has 2 heterocycles. The number of furan rings is 1. The summed E-state index contributed by atoms with van der Waals surface area (Å²) in [7, 11) is 2.08. The molecule has 4 heteroatoms. The predicted molar refractivity (Wildman–Crippen MR) is 77.2 cm³/mol. The first kappa shape index (κ1) is 13.6. The minimum atomic E-state index is 0.827. The lowest BCUT2D eigenvalue weighted by Crippen LogP contribution is -2.21. The number of anilines is 1. The Balaban J connectivity index is 2.14. The van der Waals surface area contributed by atoms with Crippen molar-refractivity contribution >= 4 is 5.69 Å². The molecule has 0 amide bonds. The van der Waals surface area contributed by atoms with Crippen LogP contribution >= 0.6 is 0 Å². The Bertz CT molecular complexity index is 522. The number of nitrogens with zero attached hydrogens (tertiary/aromatic N) is 2. The van der Waals surface area contributed by atoms with Crippen molar-refractivity contribution < 1.29 is 4.42 Å². The van der Waals surface area contributed by atoms with Crippen LogP contribution in [0.1, 0.15) is 23.8 Å². The molecule has 0 bridgehead atoms. The van der Waals surface area contributed by atoms with E-state index in [0.717, 1.165) is 31.1 Å². The molecular weight excluding hydrogens is 238 g/mol. The molecule has 0 aliphatic carbocycles. The van der Waals surface area contributed by atoms with Gasteiger partial charge in [0.2, 0.25) is 0 Å². The topological polar surface area (TPSA) is 41.3 Å². The summed E-state index contributed by atoms with van der Waals surface area (Å²) in [6.07, 6.45) is 5.50. The third kappa shape index (κ3) is 3.35. The molecule has 0 spiro atoms. The number of aryl methyl sites for hydroxylation is 1. The lowest BCUT2D eigenvalue weighted by Gasteiger charge is -2.22. The molecule has 0 radical (unpaired) electrons. The zero-order valence-electron chi connectivity index (χ0n) is 11.8. The van der Waals surface area contributed by atoms with Gasteiger partial charge in [-0.15, -0.1) is 0 Å². The van der Waals surface area contributed by atoms with Gasteiger partial charge in [-0.1, -0.05) is 6.92 Å². The highest BCUT2D eigenvalue weighted by molar-refractivity contribution is 5.51. The van der Waals surface area contributed by atoms with Crippen LogP contribution in [-0.2, 0) is 13.1 Å². The number of hydrogen-bond donors (Lipinski definition) is 1. The Hall–Kier alpha value is -1.81. The lowest BCUT2D eigenvalue weighted by molar-refractivity contribution is 0.529. The molecule has 0 fully saturated rings. The summed E-state index contributed by atoms with van der Waals surface area (Å²) in [6.45, 7) is 6.76. The number of nitrogens with one attached hydrogen (secondary N) is 1. The lowest BCUT2D eigenvalue weighted by atomic mass is 10.2. The van der Waals surface area contributed by atoms with Gasteiger partial charge in [0.25, 0.3) is 0 Å². The maximum atomic E-state index is 5.34. The zero-order chi connectivity index (χ0) is 13.7. The van der Waals surface area contributed by atoms with Gasteiger partial charge in [0.15, 0.2) is 0 Å². The monoisotopic (exact) mass is 259 g/mol. The van der Waals surface area contributed by atoms with Gasteiger partial charge >= 0.3 is 0 Å². The first-order valence-corrected chi connectivity index (χ1v) is 6.60. The number of hydrogen-bond acceptors (Lipinski definition) is 4. The molecule has 19 heavy (non-hydrogen) atoms. The highest BCUT2D eigenvalue weighted by Crippen LogP contribution is 2.21. The fourth-order valence-corrected chi connectivity index (χ4v) is 2.08. The van der Waals surface area contributed by atoms with Crippen LogP contribution < -0.4 is 10.2 Å². The molecule has 102 valence electrons. The molecule has 1 N–H and O–H groups in total. The van der Waals surface area contributed by atoms with Crippen LogP contribution in [0, 0.1) is 6.92 Å². The highest BCUT2D eigenvalue weighted by Gasteiger charge is 2.10. The van der Waals surface area contributed by atoms with Gasteiger partial charge < -0.3 is 14.6 Å². The molecule has 0 aliphatic rings. The van der Waals surface area contributed by atoms with Gasteiger partial charge in [-0.3, -0.25) is 4.98 Å². The summed E-state index contributed by atoms with van der Waals surface area (Å²) in [4.78, 5) is 6.44. The number of pyridine rings is 1. The van der Waals surface area contributed by atoms with Crippen LogP contribution in [-0.4, -0.2) is 18.6 Å². The fourth-order valence-electron chi connectivity index (χ4n) is 2.08. The minimum absolute atomic E-state index is 0.827. The quantitative estimate of drug-likeness (QED) is 0.866. The Morgan fingerprint density at radius 1 is 1.32 bits per heavy atom. The molecule has 2 aromatic heterocycles. The second-order valence-electron chi connectivity index (χ2n) is 4.64. The molecule has 0 unspecified atom stereocenters. The van der Waals surface area contributed by atoms with Crippen LogP contribution in [0.3, 0.4) is 0 Å². The Morgan fingerprint density at radius 3 is 2.84 bits per heavy atom. The van der Waals surface area contributed by atoms with E-state index in [2.05, 4.69) is 35.2 Å². The van der Waals surface area contributed by atoms with Crippen LogP contribution in [0.4, 0.5) is 5.69 Å². The van der Waals surface area contributed by atoms with Gasteiger partial charge in [-0.2, -0.15) is 0 Å². The summed E-state index contributed by atoms with van der Waals surface area (Å²) in [5, 5.41) is 3.36. The van der Waals surface area contributed by atoms with Crippen LogP contribution in [0.25, 0.3) is 0 Å². The van der Waals surface area contributed by atoms with Gasteiger partial charge in [0, 0.05) is 31.9 Å². The maximum absolute atomic E-state index is 5.34. The van der Waals surface area contributed by atoms with E-state index in [-0.39, 0.29) is 0 Å². The Morgan fingerprint density at radius 2 is 2.16 bits per heavy atom. The van der Waals surface area contributed by atoms with Crippen LogP contribution in [0.2, 0.25) is 0 Å². The Kier molecular flexibility index (Phi) is 4.58. The first-order valence-electron chi connectivity index (χ1n) is 6.60. The van der Waals surface area contributed by atoms with Crippen molar-refractivity contribution in [1.29, 1.82) is 0 Å². The second-order valence-corrected chi connectivity index (χ2v) is 4.64. The van der Waals surface area contributed by atoms with E-state index >= 15 is 0 Å². The van der Waals surface area contributed by atoms with E-state index in [1.807, 2.05) is 25.4 Å². The molecule has 4 nitrogen and oxygen atoms in total. The van der Waals surface area contributed by atoms with Crippen LogP contribution in [0.5, 0.6) is 0 Å². The summed E-state index contributed by atoms with van der Waals surface area (Å²) in [5.74, 6) is 0.976. The van der Waals surface area contributed by atoms with Gasteiger partial charge in [0.1, 0.15) is 5.76 Å². The summed E-state index contributed by atoms with van der Waals surface area (Å²) in [5.41, 5.74) is 3.63. The molecule has 0 aromatic carbocycles. The maximum Gasteiger partial charge on any atom is 0.105 e. The SMILES string of the molecule is CCNCc1ccncc1N(C)Cc1ccoc1C. The smallest absolute Gasteiger partial charge is 0.105 e. The summed E-state index contributed by atoms with van der Waals surface area (Å²) >= 11 is 0. The number of rotatable bonds is 6. The average Bonchev–Trinajstić information content (AvgIpc) is 2.82. The first-order chi connectivity index (χ1) is 9.22. The molecule has 0 saturated heterocycles. The van der Waals surface area contributed by atoms with Crippen LogP contribution in [0.15, 0.2) is 35.2 Å². The second kappa shape index (κ2) is 6.38.